The summed E-state index contributed by atoms with van der Waals surface area (Å²) < 4.78 is 1.51. The predicted octanol–water partition coefficient (Wildman–Crippen LogP) is 5.07. The summed E-state index contributed by atoms with van der Waals surface area (Å²) in [5.74, 6) is -0.129. The lowest BCUT2D eigenvalue weighted by Crippen LogP contribution is -2.15. The number of carbonyl (C=O) groups excluding carboxylic acids is 1. The molecular weight excluding hydrogens is 455 g/mol. The molecule has 0 saturated carbocycles. The molecule has 0 aliphatic carbocycles. The fourth-order valence-electron chi connectivity index (χ4n) is 2.85. The Hall–Kier alpha value is -2.94. The van der Waals surface area contributed by atoms with Gasteiger partial charge < -0.3 is 5.32 Å². The second-order valence-corrected chi connectivity index (χ2v) is 8.36. The molecule has 0 atom stereocenters. The molecule has 10 heteroatoms. The van der Waals surface area contributed by atoms with Crippen molar-refractivity contribution in [2.45, 2.75) is 12.1 Å². The van der Waals surface area contributed by atoms with E-state index < -0.39 is 0 Å². The molecule has 31 heavy (non-hydrogen) atoms. The van der Waals surface area contributed by atoms with Crippen LogP contribution in [0.4, 0.5) is 5.69 Å². The van der Waals surface area contributed by atoms with E-state index >= 15 is 0 Å². The van der Waals surface area contributed by atoms with Crippen molar-refractivity contribution in [2.24, 2.45) is 0 Å². The minimum atomic E-state index is -0.231. The van der Waals surface area contributed by atoms with Crippen LogP contribution >= 0.6 is 35.0 Å². The molecular formula is C21H16Cl2N6OS. The van der Waals surface area contributed by atoms with E-state index in [0.29, 0.717) is 26.6 Å². The van der Waals surface area contributed by atoms with Gasteiger partial charge in [-0.3, -0.25) is 9.78 Å². The molecule has 0 bridgehead atoms. The van der Waals surface area contributed by atoms with E-state index in [9.17, 15) is 4.79 Å². The molecule has 1 N–H and O–H groups in total. The smallest absolute Gasteiger partial charge is 0.234 e. The molecule has 2 aromatic heterocycles. The van der Waals surface area contributed by atoms with Crippen molar-refractivity contribution in [1.82, 2.24) is 25.2 Å². The zero-order valence-electron chi connectivity index (χ0n) is 16.3. The Balaban J connectivity index is 1.42. The Kier molecular flexibility index (Phi) is 6.50. The van der Waals surface area contributed by atoms with Crippen LogP contribution in [0.5, 0.6) is 0 Å². The van der Waals surface area contributed by atoms with Crippen LogP contribution in [0.15, 0.2) is 66.1 Å². The zero-order chi connectivity index (χ0) is 21.8. The number of halogens is 2. The SMILES string of the molecule is Cc1ccc(-n2nnnc2SCC(=O)Nc2ccc(-c3cccnc3)cc2Cl)c(Cl)c1. The maximum Gasteiger partial charge on any atom is 0.234 e. The molecule has 2 aromatic carbocycles. The molecule has 0 spiro atoms. The quantitative estimate of drug-likeness (QED) is 0.395. The molecule has 4 aromatic rings. The number of pyridine rings is 1. The Morgan fingerprint density at radius 1 is 1.10 bits per heavy atom. The van der Waals surface area contributed by atoms with Crippen LogP contribution in [0.25, 0.3) is 16.8 Å². The standard InChI is InChI=1S/C21H16Cl2N6OS/c1-13-4-7-19(17(23)9-13)29-21(26-27-28-29)31-12-20(30)25-18-6-5-14(10-16(18)22)15-3-2-8-24-11-15/h2-11H,12H2,1H3,(H,25,30). The fourth-order valence-corrected chi connectivity index (χ4v) is 4.08. The highest BCUT2D eigenvalue weighted by Crippen LogP contribution is 2.29. The number of hydrogen-bond acceptors (Lipinski definition) is 6. The summed E-state index contributed by atoms with van der Waals surface area (Å²) in [6, 6.07) is 14.8. The molecule has 156 valence electrons. The number of amides is 1. The van der Waals surface area contributed by atoms with Gasteiger partial charge >= 0.3 is 0 Å². The summed E-state index contributed by atoms with van der Waals surface area (Å²) in [5.41, 5.74) is 4.07. The number of rotatable bonds is 6. The van der Waals surface area contributed by atoms with Crippen LogP contribution in [0.3, 0.4) is 0 Å². The van der Waals surface area contributed by atoms with Crippen molar-refractivity contribution >= 4 is 46.6 Å². The van der Waals surface area contributed by atoms with E-state index in [1.807, 2.05) is 43.3 Å². The van der Waals surface area contributed by atoms with E-state index in [4.69, 9.17) is 23.2 Å². The number of nitrogens with one attached hydrogen (secondary N) is 1. The number of aromatic nitrogens is 5. The first-order valence-electron chi connectivity index (χ1n) is 9.19. The summed E-state index contributed by atoms with van der Waals surface area (Å²) in [5, 5.41) is 15.9. The second-order valence-electron chi connectivity index (χ2n) is 6.60. The van der Waals surface area contributed by atoms with E-state index in [-0.39, 0.29) is 11.7 Å². The third kappa shape index (κ3) is 5.04. The van der Waals surface area contributed by atoms with E-state index in [0.717, 1.165) is 16.7 Å². The normalized spacial score (nSPS) is 10.8. The Morgan fingerprint density at radius 2 is 1.97 bits per heavy atom. The van der Waals surface area contributed by atoms with Gasteiger partial charge in [-0.2, -0.15) is 4.68 Å². The summed E-state index contributed by atoms with van der Waals surface area (Å²) in [6.45, 7) is 1.95. The highest BCUT2D eigenvalue weighted by Gasteiger charge is 2.15. The van der Waals surface area contributed by atoms with Gasteiger partial charge in [-0.05, 0) is 58.8 Å². The molecule has 0 aliphatic heterocycles. The summed E-state index contributed by atoms with van der Waals surface area (Å²) >= 11 is 13.9. The van der Waals surface area contributed by atoms with Crippen LogP contribution < -0.4 is 5.32 Å². The van der Waals surface area contributed by atoms with Crippen molar-refractivity contribution in [3.8, 4) is 16.8 Å². The van der Waals surface area contributed by atoms with Gasteiger partial charge in [0.1, 0.15) is 0 Å². The summed E-state index contributed by atoms with van der Waals surface area (Å²) in [6.07, 6.45) is 3.46. The average molecular weight is 471 g/mol. The Morgan fingerprint density at radius 3 is 2.71 bits per heavy atom. The average Bonchev–Trinajstić information content (AvgIpc) is 3.22. The first-order chi connectivity index (χ1) is 15.0. The van der Waals surface area contributed by atoms with E-state index in [1.165, 1.54) is 16.4 Å². The van der Waals surface area contributed by atoms with Crippen molar-refractivity contribution in [2.75, 3.05) is 11.1 Å². The van der Waals surface area contributed by atoms with Gasteiger partial charge in [-0.25, -0.2) is 0 Å². The van der Waals surface area contributed by atoms with Crippen molar-refractivity contribution < 1.29 is 4.79 Å². The van der Waals surface area contributed by atoms with Gasteiger partial charge in [0.2, 0.25) is 11.1 Å². The van der Waals surface area contributed by atoms with Crippen LogP contribution in [0.1, 0.15) is 5.56 Å². The van der Waals surface area contributed by atoms with E-state index in [2.05, 4.69) is 25.8 Å². The summed E-state index contributed by atoms with van der Waals surface area (Å²) in [4.78, 5) is 16.6. The highest BCUT2D eigenvalue weighted by molar-refractivity contribution is 7.99. The number of hydrogen-bond donors (Lipinski definition) is 1. The minimum absolute atomic E-state index is 0.102. The largest absolute Gasteiger partial charge is 0.324 e. The molecule has 0 unspecified atom stereocenters. The molecule has 2 heterocycles. The van der Waals surface area contributed by atoms with E-state index in [1.54, 1.807) is 24.5 Å². The lowest BCUT2D eigenvalue weighted by Gasteiger charge is -2.10. The Bertz CT molecular complexity index is 1230. The monoisotopic (exact) mass is 470 g/mol. The molecule has 0 fully saturated rings. The van der Waals surface area contributed by atoms with Crippen molar-refractivity contribution in [3.05, 3.63) is 76.5 Å². The van der Waals surface area contributed by atoms with Crippen LogP contribution in [-0.2, 0) is 4.79 Å². The summed E-state index contributed by atoms with van der Waals surface area (Å²) in [7, 11) is 0. The molecule has 0 aliphatic rings. The number of anilines is 1. The molecule has 7 nitrogen and oxygen atoms in total. The molecule has 4 rings (SSSR count). The van der Waals surface area contributed by atoms with Crippen LogP contribution in [0, 0.1) is 6.92 Å². The van der Waals surface area contributed by atoms with Gasteiger partial charge in [0, 0.05) is 18.0 Å². The number of thioether (sulfide) groups is 1. The maximum atomic E-state index is 12.5. The third-order valence-corrected chi connectivity index (χ3v) is 5.88. The van der Waals surface area contributed by atoms with Crippen molar-refractivity contribution in [1.29, 1.82) is 0 Å². The maximum absolute atomic E-state index is 12.5. The van der Waals surface area contributed by atoms with Crippen molar-refractivity contribution in [3.63, 3.8) is 0 Å². The second kappa shape index (κ2) is 9.47. The van der Waals surface area contributed by atoms with Gasteiger partial charge in [0.05, 0.1) is 27.2 Å². The number of aryl methyl sites for hydroxylation is 1. The lowest BCUT2D eigenvalue weighted by molar-refractivity contribution is -0.113. The predicted molar refractivity (Wildman–Crippen MR) is 123 cm³/mol. The van der Waals surface area contributed by atoms with Gasteiger partial charge in [0.15, 0.2) is 0 Å². The number of carbonyl (C=O) groups is 1. The first-order valence-corrected chi connectivity index (χ1v) is 10.9. The van der Waals surface area contributed by atoms with Gasteiger partial charge in [0.25, 0.3) is 0 Å². The van der Waals surface area contributed by atoms with Crippen LogP contribution in [0.2, 0.25) is 10.0 Å². The first kappa shape index (κ1) is 21.3. The minimum Gasteiger partial charge on any atom is -0.324 e. The fraction of sp³-hybridized carbons (Fsp3) is 0.0952. The topological polar surface area (TPSA) is 85.6 Å². The zero-order valence-corrected chi connectivity index (χ0v) is 18.6. The Labute approximate surface area is 192 Å². The van der Waals surface area contributed by atoms with Gasteiger partial charge in [-0.1, -0.05) is 53.2 Å². The third-order valence-electron chi connectivity index (χ3n) is 4.34. The van der Waals surface area contributed by atoms with Gasteiger partial charge in [-0.15, -0.1) is 5.10 Å². The lowest BCUT2D eigenvalue weighted by atomic mass is 10.1. The molecule has 1 amide bonds. The number of tetrazole rings is 1. The molecule has 0 saturated heterocycles. The highest BCUT2D eigenvalue weighted by atomic mass is 35.5. The van der Waals surface area contributed by atoms with Crippen LogP contribution in [-0.4, -0.2) is 36.9 Å². The number of nitrogens with zero attached hydrogens (tertiary/aromatic N) is 5. The molecule has 0 radical (unpaired) electrons. The number of benzene rings is 2.